The third kappa shape index (κ3) is 3.97. The number of thiophene rings is 1. The van der Waals surface area contributed by atoms with Crippen LogP contribution in [0.5, 0.6) is 0 Å². The summed E-state index contributed by atoms with van der Waals surface area (Å²) in [5.74, 6) is 0.180. The Balaban J connectivity index is 1.25. The highest BCUT2D eigenvalue weighted by Gasteiger charge is 2.23. The highest BCUT2D eigenvalue weighted by molar-refractivity contribution is 7.08. The zero-order chi connectivity index (χ0) is 24.8. The average molecular weight is 506 g/mol. The van der Waals surface area contributed by atoms with Crippen LogP contribution in [0.1, 0.15) is 25.7 Å². The first-order valence-electron chi connectivity index (χ1n) is 12.3. The molecular weight excluding hydrogens is 482 g/mol. The summed E-state index contributed by atoms with van der Waals surface area (Å²) in [4.78, 5) is 29.5. The van der Waals surface area contributed by atoms with Crippen LogP contribution in [-0.2, 0) is 4.79 Å². The lowest BCUT2D eigenvalue weighted by Crippen LogP contribution is -2.20. The first-order valence-corrected chi connectivity index (χ1v) is 13.3. The lowest BCUT2D eigenvalue weighted by atomic mass is 10.1. The maximum absolute atomic E-state index is 12.6. The van der Waals surface area contributed by atoms with Crippen LogP contribution in [0.2, 0.25) is 0 Å². The molecule has 1 aliphatic rings. The maximum atomic E-state index is 12.6. The number of pyridine rings is 3. The molecule has 0 aliphatic heterocycles. The van der Waals surface area contributed by atoms with Gasteiger partial charge in [0.25, 0.3) is 0 Å². The number of nitrogens with zero attached hydrogens (tertiary/aromatic N) is 4. The number of fused-ring (bicyclic) bond motifs is 2. The van der Waals surface area contributed by atoms with Gasteiger partial charge < -0.3 is 10.3 Å². The number of H-pyrrole nitrogens is 2. The van der Waals surface area contributed by atoms with Gasteiger partial charge in [0.15, 0.2) is 5.65 Å². The van der Waals surface area contributed by atoms with Crippen molar-refractivity contribution in [3.05, 3.63) is 66.0 Å². The van der Waals surface area contributed by atoms with Crippen molar-refractivity contribution in [3.8, 4) is 33.6 Å². The van der Waals surface area contributed by atoms with Gasteiger partial charge in [0.2, 0.25) is 5.91 Å². The number of rotatable bonds is 5. The van der Waals surface area contributed by atoms with E-state index in [-0.39, 0.29) is 11.8 Å². The van der Waals surface area contributed by atoms with Gasteiger partial charge in [0.1, 0.15) is 0 Å². The molecule has 0 aromatic carbocycles. The van der Waals surface area contributed by atoms with E-state index in [0.717, 1.165) is 75.6 Å². The standard InChI is InChI=1S/C28H23N7OS/c36-28(16-3-1-2-4-16)32-20-7-18(10-29-12-20)19-8-22-26(34-35-27(22)31-11-19)24-9-21-23(17-5-6-37-15-17)13-30-14-25(21)33-24/h5-16,33H,1-4H2,(H,32,36)(H,31,34,35). The van der Waals surface area contributed by atoms with Gasteiger partial charge in [-0.1, -0.05) is 12.8 Å². The molecule has 1 saturated carbocycles. The molecule has 3 N–H and O–H groups in total. The third-order valence-electron chi connectivity index (χ3n) is 7.12. The maximum Gasteiger partial charge on any atom is 0.227 e. The second kappa shape index (κ2) is 8.94. The molecule has 6 aromatic heterocycles. The van der Waals surface area contributed by atoms with Crippen LogP contribution in [0.15, 0.2) is 66.0 Å². The van der Waals surface area contributed by atoms with Crippen molar-refractivity contribution in [1.82, 2.24) is 30.1 Å². The second-order valence-corrected chi connectivity index (χ2v) is 10.3. The van der Waals surface area contributed by atoms with Gasteiger partial charge in [-0.05, 0) is 53.4 Å². The molecule has 8 nitrogen and oxygen atoms in total. The summed E-state index contributed by atoms with van der Waals surface area (Å²) in [5.41, 5.74) is 8.08. The van der Waals surface area contributed by atoms with Crippen molar-refractivity contribution in [2.24, 2.45) is 5.92 Å². The third-order valence-corrected chi connectivity index (χ3v) is 7.81. The number of hydrogen-bond donors (Lipinski definition) is 3. The van der Waals surface area contributed by atoms with Gasteiger partial charge in [-0.15, -0.1) is 0 Å². The normalized spacial score (nSPS) is 14.1. The minimum absolute atomic E-state index is 0.0808. The lowest BCUT2D eigenvalue weighted by Gasteiger charge is -2.11. The monoisotopic (exact) mass is 505 g/mol. The van der Waals surface area contributed by atoms with Crippen molar-refractivity contribution in [2.75, 3.05) is 5.32 Å². The van der Waals surface area contributed by atoms with Crippen LogP contribution in [0.25, 0.3) is 55.6 Å². The first kappa shape index (κ1) is 21.9. The molecule has 6 aromatic rings. The van der Waals surface area contributed by atoms with Crippen LogP contribution in [0.3, 0.4) is 0 Å². The number of carbonyl (C=O) groups excluding carboxylic acids is 1. The number of aromatic amines is 2. The van der Waals surface area contributed by atoms with Crippen molar-refractivity contribution in [1.29, 1.82) is 0 Å². The molecular formula is C28H23N7OS. The summed E-state index contributed by atoms with van der Waals surface area (Å²) in [6.07, 6.45) is 13.2. The minimum Gasteiger partial charge on any atom is -0.352 e. The fourth-order valence-electron chi connectivity index (χ4n) is 5.19. The number of amides is 1. The predicted molar refractivity (Wildman–Crippen MR) is 146 cm³/mol. The number of nitrogens with one attached hydrogen (secondary N) is 3. The zero-order valence-electron chi connectivity index (χ0n) is 19.9. The fourth-order valence-corrected chi connectivity index (χ4v) is 5.85. The molecule has 1 fully saturated rings. The molecule has 1 amide bonds. The van der Waals surface area contributed by atoms with Crippen LogP contribution in [-0.4, -0.2) is 36.0 Å². The molecule has 0 unspecified atom stereocenters. The summed E-state index contributed by atoms with van der Waals surface area (Å²) < 4.78 is 0. The molecule has 0 bridgehead atoms. The van der Waals surface area contributed by atoms with Crippen molar-refractivity contribution in [2.45, 2.75) is 25.7 Å². The molecule has 0 saturated heterocycles. The van der Waals surface area contributed by atoms with Crippen molar-refractivity contribution < 1.29 is 4.79 Å². The molecule has 0 spiro atoms. The number of carbonyl (C=O) groups is 1. The van der Waals surface area contributed by atoms with Gasteiger partial charge in [-0.25, -0.2) is 4.98 Å². The lowest BCUT2D eigenvalue weighted by molar-refractivity contribution is -0.119. The Hall–Kier alpha value is -4.37. The molecule has 0 radical (unpaired) electrons. The Morgan fingerprint density at radius 2 is 1.81 bits per heavy atom. The largest absolute Gasteiger partial charge is 0.352 e. The van der Waals surface area contributed by atoms with E-state index in [4.69, 9.17) is 0 Å². The zero-order valence-corrected chi connectivity index (χ0v) is 20.7. The van der Waals surface area contributed by atoms with E-state index >= 15 is 0 Å². The van der Waals surface area contributed by atoms with E-state index in [1.54, 1.807) is 29.9 Å². The van der Waals surface area contributed by atoms with E-state index in [2.05, 4.69) is 64.4 Å². The van der Waals surface area contributed by atoms with Crippen LogP contribution in [0, 0.1) is 5.92 Å². The Morgan fingerprint density at radius 1 is 0.946 bits per heavy atom. The van der Waals surface area contributed by atoms with Crippen molar-refractivity contribution in [3.63, 3.8) is 0 Å². The molecule has 7 rings (SSSR count). The van der Waals surface area contributed by atoms with E-state index in [1.807, 2.05) is 18.5 Å². The highest BCUT2D eigenvalue weighted by Crippen LogP contribution is 2.35. The average Bonchev–Trinajstić information content (AvgIpc) is 3.74. The number of anilines is 1. The Bertz CT molecular complexity index is 1750. The smallest absolute Gasteiger partial charge is 0.227 e. The second-order valence-electron chi connectivity index (χ2n) is 9.47. The van der Waals surface area contributed by atoms with Gasteiger partial charge in [0.05, 0.1) is 35.0 Å². The summed E-state index contributed by atoms with van der Waals surface area (Å²) in [7, 11) is 0. The summed E-state index contributed by atoms with van der Waals surface area (Å²) in [6.45, 7) is 0. The Labute approximate surface area is 216 Å². The van der Waals surface area contributed by atoms with E-state index in [1.165, 1.54) is 0 Å². The van der Waals surface area contributed by atoms with Crippen molar-refractivity contribution >= 4 is 44.9 Å². The Kier molecular flexibility index (Phi) is 5.28. The molecule has 0 atom stereocenters. The quantitative estimate of drug-likeness (QED) is 0.250. The molecule has 1 aliphatic carbocycles. The highest BCUT2D eigenvalue weighted by atomic mass is 32.1. The minimum atomic E-state index is 0.0808. The van der Waals surface area contributed by atoms with E-state index in [0.29, 0.717) is 11.3 Å². The summed E-state index contributed by atoms with van der Waals surface area (Å²) in [5, 5.41) is 16.8. The summed E-state index contributed by atoms with van der Waals surface area (Å²) >= 11 is 1.67. The van der Waals surface area contributed by atoms with Gasteiger partial charge in [-0.3, -0.25) is 19.9 Å². The Morgan fingerprint density at radius 3 is 2.68 bits per heavy atom. The predicted octanol–water partition coefficient (Wildman–Crippen LogP) is 6.42. The van der Waals surface area contributed by atoms with Gasteiger partial charge >= 0.3 is 0 Å². The van der Waals surface area contributed by atoms with Gasteiger partial charge in [-0.2, -0.15) is 16.4 Å². The molecule has 182 valence electrons. The van der Waals surface area contributed by atoms with Gasteiger partial charge in [0, 0.05) is 52.0 Å². The summed E-state index contributed by atoms with van der Waals surface area (Å²) in [6, 6.07) is 8.24. The first-order chi connectivity index (χ1) is 18.2. The number of hydrogen-bond acceptors (Lipinski definition) is 6. The fraction of sp³-hybridized carbons (Fsp3) is 0.179. The SMILES string of the molecule is O=C(Nc1cncc(-c2cnc3n[nH]c(-c4cc5c(-c6ccsc6)cncc5[nH]4)c3c2)c1)C1CCCC1. The van der Waals surface area contributed by atoms with E-state index in [9.17, 15) is 4.79 Å². The molecule has 6 heterocycles. The van der Waals surface area contributed by atoms with Crippen LogP contribution < -0.4 is 5.32 Å². The topological polar surface area (TPSA) is 112 Å². The van der Waals surface area contributed by atoms with E-state index < -0.39 is 0 Å². The molecule has 9 heteroatoms. The molecule has 37 heavy (non-hydrogen) atoms. The van der Waals surface area contributed by atoms with Crippen LogP contribution in [0.4, 0.5) is 5.69 Å². The van der Waals surface area contributed by atoms with Crippen LogP contribution >= 0.6 is 11.3 Å². The number of aromatic nitrogens is 6.